The molecule has 0 saturated heterocycles. The van der Waals surface area contributed by atoms with Gasteiger partial charge in [0.1, 0.15) is 5.75 Å². The molecule has 0 amide bonds. The highest BCUT2D eigenvalue weighted by Crippen LogP contribution is 2.21. The number of hydrogen-bond acceptors (Lipinski definition) is 3. The van der Waals surface area contributed by atoms with Gasteiger partial charge in [0.15, 0.2) is 0 Å². The van der Waals surface area contributed by atoms with Crippen LogP contribution in [0.4, 0.5) is 0 Å². The van der Waals surface area contributed by atoms with E-state index in [0.717, 1.165) is 12.2 Å². The summed E-state index contributed by atoms with van der Waals surface area (Å²) in [5.74, 6) is 0.718. The van der Waals surface area contributed by atoms with E-state index in [9.17, 15) is 5.11 Å². The SMILES string of the molecule is N#CCC(O)c1cccc(OCCc2ccccc2)c1. The average Bonchev–Trinajstić information content (AvgIpc) is 2.49. The summed E-state index contributed by atoms with van der Waals surface area (Å²) in [7, 11) is 0. The van der Waals surface area contributed by atoms with E-state index in [1.807, 2.05) is 36.4 Å². The van der Waals surface area contributed by atoms with Crippen molar-refractivity contribution in [1.82, 2.24) is 0 Å². The van der Waals surface area contributed by atoms with Crippen LogP contribution in [-0.4, -0.2) is 11.7 Å². The van der Waals surface area contributed by atoms with Crippen LogP contribution in [0.25, 0.3) is 0 Å². The predicted molar refractivity (Wildman–Crippen MR) is 77.3 cm³/mol. The van der Waals surface area contributed by atoms with E-state index in [0.29, 0.717) is 12.2 Å². The van der Waals surface area contributed by atoms with Crippen LogP contribution in [0.2, 0.25) is 0 Å². The number of aliphatic hydroxyl groups is 1. The van der Waals surface area contributed by atoms with E-state index in [1.165, 1.54) is 5.56 Å². The molecule has 0 aliphatic carbocycles. The molecule has 0 aliphatic heterocycles. The van der Waals surface area contributed by atoms with Gasteiger partial charge < -0.3 is 9.84 Å². The summed E-state index contributed by atoms with van der Waals surface area (Å²) in [5.41, 5.74) is 1.94. The molecule has 3 heteroatoms. The van der Waals surface area contributed by atoms with Crippen LogP contribution in [0.1, 0.15) is 23.7 Å². The van der Waals surface area contributed by atoms with Crippen molar-refractivity contribution in [2.45, 2.75) is 18.9 Å². The lowest BCUT2D eigenvalue weighted by atomic mass is 10.1. The maximum absolute atomic E-state index is 9.77. The molecule has 20 heavy (non-hydrogen) atoms. The maximum atomic E-state index is 9.77. The van der Waals surface area contributed by atoms with Crippen molar-refractivity contribution in [3.63, 3.8) is 0 Å². The molecule has 0 aliphatic rings. The van der Waals surface area contributed by atoms with Crippen molar-refractivity contribution in [2.75, 3.05) is 6.61 Å². The van der Waals surface area contributed by atoms with Crippen LogP contribution in [0.5, 0.6) is 5.75 Å². The zero-order chi connectivity index (χ0) is 14.2. The van der Waals surface area contributed by atoms with Gasteiger partial charge in [-0.2, -0.15) is 5.26 Å². The first-order valence-corrected chi connectivity index (χ1v) is 6.61. The van der Waals surface area contributed by atoms with Crippen molar-refractivity contribution in [1.29, 1.82) is 5.26 Å². The molecule has 0 saturated carbocycles. The Bertz CT molecular complexity index is 575. The second kappa shape index (κ2) is 7.32. The van der Waals surface area contributed by atoms with Gasteiger partial charge in [-0.1, -0.05) is 42.5 Å². The highest BCUT2D eigenvalue weighted by molar-refractivity contribution is 5.30. The largest absolute Gasteiger partial charge is 0.493 e. The first-order chi connectivity index (χ1) is 9.79. The number of benzene rings is 2. The van der Waals surface area contributed by atoms with E-state index >= 15 is 0 Å². The third kappa shape index (κ3) is 4.11. The Hall–Kier alpha value is -2.31. The molecule has 1 N–H and O–H groups in total. The fourth-order valence-corrected chi connectivity index (χ4v) is 1.95. The predicted octanol–water partition coefficient (Wildman–Crippen LogP) is 3.26. The third-order valence-corrected chi connectivity index (χ3v) is 3.03. The Morgan fingerprint density at radius 1 is 1.10 bits per heavy atom. The van der Waals surface area contributed by atoms with Crippen LogP contribution in [0, 0.1) is 11.3 Å². The van der Waals surface area contributed by atoms with E-state index in [4.69, 9.17) is 10.00 Å². The Balaban J connectivity index is 1.90. The molecule has 0 radical (unpaired) electrons. The minimum atomic E-state index is -0.752. The minimum Gasteiger partial charge on any atom is -0.493 e. The maximum Gasteiger partial charge on any atom is 0.119 e. The molecular formula is C17H17NO2. The Labute approximate surface area is 119 Å². The van der Waals surface area contributed by atoms with Crippen LogP contribution in [-0.2, 0) is 6.42 Å². The Morgan fingerprint density at radius 2 is 1.90 bits per heavy atom. The van der Waals surface area contributed by atoms with E-state index < -0.39 is 6.10 Å². The van der Waals surface area contributed by atoms with Gasteiger partial charge in [0, 0.05) is 6.42 Å². The van der Waals surface area contributed by atoms with Crippen molar-refractivity contribution in [2.24, 2.45) is 0 Å². The van der Waals surface area contributed by atoms with Crippen molar-refractivity contribution < 1.29 is 9.84 Å². The van der Waals surface area contributed by atoms with Gasteiger partial charge in [-0.3, -0.25) is 0 Å². The number of ether oxygens (including phenoxy) is 1. The second-order valence-corrected chi connectivity index (χ2v) is 4.53. The molecule has 0 heterocycles. The normalized spacial score (nSPS) is 11.6. The Kier molecular flexibility index (Phi) is 5.16. The molecule has 0 aromatic heterocycles. The topological polar surface area (TPSA) is 53.2 Å². The molecule has 0 fully saturated rings. The summed E-state index contributed by atoms with van der Waals surface area (Å²) >= 11 is 0. The van der Waals surface area contributed by atoms with Gasteiger partial charge in [0.05, 0.1) is 25.2 Å². The van der Waals surface area contributed by atoms with Gasteiger partial charge in [-0.15, -0.1) is 0 Å². The van der Waals surface area contributed by atoms with Gasteiger partial charge >= 0.3 is 0 Å². The summed E-state index contributed by atoms with van der Waals surface area (Å²) in [6.07, 6.45) is 0.178. The lowest BCUT2D eigenvalue weighted by Gasteiger charge is -2.10. The molecule has 2 aromatic rings. The van der Waals surface area contributed by atoms with Crippen LogP contribution in [0.15, 0.2) is 54.6 Å². The fourth-order valence-electron chi connectivity index (χ4n) is 1.95. The molecular weight excluding hydrogens is 250 g/mol. The van der Waals surface area contributed by atoms with E-state index in [2.05, 4.69) is 12.1 Å². The quantitative estimate of drug-likeness (QED) is 0.874. The van der Waals surface area contributed by atoms with Crippen LogP contribution in [0.3, 0.4) is 0 Å². The molecule has 2 aromatic carbocycles. The number of hydrogen-bond donors (Lipinski definition) is 1. The Morgan fingerprint density at radius 3 is 2.65 bits per heavy atom. The fraction of sp³-hybridized carbons (Fsp3) is 0.235. The van der Waals surface area contributed by atoms with Crippen LogP contribution < -0.4 is 4.74 Å². The number of nitriles is 1. The molecule has 1 atom stereocenters. The first kappa shape index (κ1) is 14.1. The summed E-state index contributed by atoms with van der Waals surface area (Å²) in [4.78, 5) is 0. The van der Waals surface area contributed by atoms with Gasteiger partial charge in [-0.25, -0.2) is 0 Å². The van der Waals surface area contributed by atoms with Gasteiger partial charge in [0.2, 0.25) is 0 Å². The summed E-state index contributed by atoms with van der Waals surface area (Å²) in [6.45, 7) is 0.585. The summed E-state index contributed by atoms with van der Waals surface area (Å²) in [6, 6.07) is 19.4. The molecule has 102 valence electrons. The summed E-state index contributed by atoms with van der Waals surface area (Å²) < 4.78 is 5.68. The standard InChI is InChI=1S/C17H17NO2/c18-11-9-17(19)15-7-4-8-16(13-15)20-12-10-14-5-2-1-3-6-14/h1-8,13,17,19H,9-10,12H2. The van der Waals surface area contributed by atoms with E-state index in [-0.39, 0.29) is 6.42 Å². The smallest absolute Gasteiger partial charge is 0.119 e. The second-order valence-electron chi connectivity index (χ2n) is 4.53. The van der Waals surface area contributed by atoms with Crippen molar-refractivity contribution in [3.05, 3.63) is 65.7 Å². The molecule has 3 nitrogen and oxygen atoms in total. The lowest BCUT2D eigenvalue weighted by molar-refractivity contribution is 0.183. The molecule has 1 unspecified atom stereocenters. The lowest BCUT2D eigenvalue weighted by Crippen LogP contribution is -2.02. The van der Waals surface area contributed by atoms with Gasteiger partial charge in [-0.05, 0) is 23.3 Å². The highest BCUT2D eigenvalue weighted by Gasteiger charge is 2.07. The van der Waals surface area contributed by atoms with Crippen LogP contribution >= 0.6 is 0 Å². The number of rotatable bonds is 6. The zero-order valence-electron chi connectivity index (χ0n) is 11.2. The average molecular weight is 267 g/mol. The highest BCUT2D eigenvalue weighted by atomic mass is 16.5. The third-order valence-electron chi connectivity index (χ3n) is 3.03. The summed E-state index contributed by atoms with van der Waals surface area (Å²) in [5, 5.41) is 18.4. The number of aliphatic hydroxyl groups excluding tert-OH is 1. The molecule has 0 bridgehead atoms. The van der Waals surface area contributed by atoms with Crippen molar-refractivity contribution in [3.8, 4) is 11.8 Å². The number of nitrogens with zero attached hydrogens (tertiary/aromatic N) is 1. The molecule has 0 spiro atoms. The minimum absolute atomic E-state index is 0.0907. The zero-order valence-corrected chi connectivity index (χ0v) is 11.2. The van der Waals surface area contributed by atoms with Gasteiger partial charge in [0.25, 0.3) is 0 Å². The molecule has 2 rings (SSSR count). The monoisotopic (exact) mass is 267 g/mol. The van der Waals surface area contributed by atoms with E-state index in [1.54, 1.807) is 12.1 Å². The first-order valence-electron chi connectivity index (χ1n) is 6.61. The van der Waals surface area contributed by atoms with Crippen molar-refractivity contribution >= 4 is 0 Å².